The standard InChI is InChI=1S/C23H24FNO3.ClH/c1-26-21-8-4-3-6-18(21)14-25-15-19-7-5-9-22(27-2)23(19)28-16-17-10-12-20(24)13-11-17;/h3-13,25H,14-16H2,1-2H3;1H. The first kappa shape index (κ1) is 22.5. The molecule has 0 amide bonds. The number of nitrogens with one attached hydrogen (secondary N) is 1. The number of hydrogen-bond donors (Lipinski definition) is 1. The van der Waals surface area contributed by atoms with Crippen molar-refractivity contribution in [3.63, 3.8) is 0 Å². The Balaban J connectivity index is 0.00000300. The van der Waals surface area contributed by atoms with Gasteiger partial charge in [-0.1, -0.05) is 42.5 Å². The molecule has 0 heterocycles. The SMILES string of the molecule is COc1ccccc1CNCc1cccc(OC)c1OCc1ccc(F)cc1.Cl. The Hall–Kier alpha value is -2.76. The van der Waals surface area contributed by atoms with Crippen LogP contribution >= 0.6 is 12.4 Å². The summed E-state index contributed by atoms with van der Waals surface area (Å²) >= 11 is 0. The fraction of sp³-hybridized carbons (Fsp3) is 0.217. The molecule has 3 aromatic carbocycles. The van der Waals surface area contributed by atoms with Gasteiger partial charge in [0.25, 0.3) is 0 Å². The molecule has 0 radical (unpaired) electrons. The number of ether oxygens (including phenoxy) is 3. The van der Waals surface area contributed by atoms with E-state index in [2.05, 4.69) is 5.32 Å². The average Bonchev–Trinajstić information content (AvgIpc) is 2.74. The highest BCUT2D eigenvalue weighted by atomic mass is 35.5. The lowest BCUT2D eigenvalue weighted by Gasteiger charge is -2.16. The fourth-order valence-electron chi connectivity index (χ4n) is 2.94. The maximum Gasteiger partial charge on any atom is 0.166 e. The van der Waals surface area contributed by atoms with E-state index in [4.69, 9.17) is 14.2 Å². The van der Waals surface area contributed by atoms with Crippen LogP contribution in [0, 0.1) is 5.82 Å². The Morgan fingerprint density at radius 2 is 1.38 bits per heavy atom. The molecule has 0 unspecified atom stereocenters. The lowest BCUT2D eigenvalue weighted by Crippen LogP contribution is -2.14. The van der Waals surface area contributed by atoms with Crippen LogP contribution in [0.1, 0.15) is 16.7 Å². The van der Waals surface area contributed by atoms with Gasteiger partial charge in [-0.25, -0.2) is 4.39 Å². The van der Waals surface area contributed by atoms with E-state index in [-0.39, 0.29) is 18.2 Å². The van der Waals surface area contributed by atoms with E-state index in [1.165, 1.54) is 12.1 Å². The molecule has 0 fully saturated rings. The van der Waals surface area contributed by atoms with Gasteiger partial charge in [-0.05, 0) is 29.8 Å². The highest BCUT2D eigenvalue weighted by Crippen LogP contribution is 2.32. The second kappa shape index (κ2) is 11.3. The zero-order chi connectivity index (χ0) is 19.8. The number of halogens is 2. The number of methoxy groups -OCH3 is 2. The normalized spacial score (nSPS) is 10.2. The Morgan fingerprint density at radius 1 is 0.759 bits per heavy atom. The molecule has 0 spiro atoms. The van der Waals surface area contributed by atoms with Crippen molar-refractivity contribution in [3.8, 4) is 17.2 Å². The minimum Gasteiger partial charge on any atom is -0.496 e. The predicted octanol–water partition coefficient (Wildman–Crippen LogP) is 5.13. The molecule has 6 heteroatoms. The van der Waals surface area contributed by atoms with Crippen molar-refractivity contribution in [2.75, 3.05) is 14.2 Å². The first-order valence-electron chi connectivity index (χ1n) is 9.07. The summed E-state index contributed by atoms with van der Waals surface area (Å²) in [6.45, 7) is 1.60. The summed E-state index contributed by atoms with van der Waals surface area (Å²) < 4.78 is 30.0. The Kier molecular flexibility index (Phi) is 8.77. The molecule has 4 nitrogen and oxygen atoms in total. The van der Waals surface area contributed by atoms with Crippen LogP contribution in [-0.4, -0.2) is 14.2 Å². The van der Waals surface area contributed by atoms with Crippen molar-refractivity contribution in [2.45, 2.75) is 19.7 Å². The molecular formula is C23H25ClFNO3. The average molecular weight is 418 g/mol. The van der Waals surface area contributed by atoms with Gasteiger partial charge in [0.15, 0.2) is 11.5 Å². The Bertz CT molecular complexity index is 903. The molecule has 0 aromatic heterocycles. The molecule has 154 valence electrons. The molecule has 0 saturated carbocycles. The lowest BCUT2D eigenvalue weighted by atomic mass is 10.1. The van der Waals surface area contributed by atoms with Crippen LogP contribution < -0.4 is 19.5 Å². The zero-order valence-corrected chi connectivity index (χ0v) is 17.3. The van der Waals surface area contributed by atoms with Crippen molar-refractivity contribution in [2.24, 2.45) is 0 Å². The summed E-state index contributed by atoms with van der Waals surface area (Å²) in [6, 6.07) is 20.0. The molecule has 0 aliphatic carbocycles. The monoisotopic (exact) mass is 417 g/mol. The van der Waals surface area contributed by atoms with E-state index in [0.29, 0.717) is 31.2 Å². The van der Waals surface area contributed by atoms with Crippen LogP contribution in [0.15, 0.2) is 66.7 Å². The van der Waals surface area contributed by atoms with Crippen molar-refractivity contribution >= 4 is 12.4 Å². The summed E-state index contributed by atoms with van der Waals surface area (Å²) in [5.74, 6) is 1.94. The third-order valence-electron chi connectivity index (χ3n) is 4.40. The van der Waals surface area contributed by atoms with Gasteiger partial charge >= 0.3 is 0 Å². The third-order valence-corrected chi connectivity index (χ3v) is 4.40. The summed E-state index contributed by atoms with van der Waals surface area (Å²) in [5.41, 5.74) is 2.96. The first-order chi connectivity index (χ1) is 13.7. The van der Waals surface area contributed by atoms with E-state index in [1.807, 2.05) is 42.5 Å². The van der Waals surface area contributed by atoms with Crippen LogP contribution in [0.3, 0.4) is 0 Å². The maximum atomic E-state index is 13.1. The quantitative estimate of drug-likeness (QED) is 0.523. The molecular weight excluding hydrogens is 393 g/mol. The highest BCUT2D eigenvalue weighted by Gasteiger charge is 2.11. The van der Waals surface area contributed by atoms with Crippen molar-refractivity contribution in [1.29, 1.82) is 0 Å². The molecule has 0 aliphatic heterocycles. The van der Waals surface area contributed by atoms with E-state index in [0.717, 1.165) is 22.4 Å². The molecule has 1 N–H and O–H groups in total. The summed E-state index contributed by atoms with van der Waals surface area (Å²) in [4.78, 5) is 0. The maximum absolute atomic E-state index is 13.1. The van der Waals surface area contributed by atoms with E-state index in [9.17, 15) is 4.39 Å². The molecule has 3 rings (SSSR count). The van der Waals surface area contributed by atoms with Crippen LogP contribution in [0.25, 0.3) is 0 Å². The Morgan fingerprint density at radius 3 is 2.10 bits per heavy atom. The lowest BCUT2D eigenvalue weighted by molar-refractivity contribution is 0.280. The van der Waals surface area contributed by atoms with Crippen LogP contribution in [0.4, 0.5) is 4.39 Å². The largest absolute Gasteiger partial charge is 0.496 e. The molecule has 29 heavy (non-hydrogen) atoms. The van der Waals surface area contributed by atoms with Gasteiger partial charge in [-0.15, -0.1) is 12.4 Å². The smallest absolute Gasteiger partial charge is 0.166 e. The van der Waals surface area contributed by atoms with Gasteiger partial charge in [0.2, 0.25) is 0 Å². The fourth-order valence-corrected chi connectivity index (χ4v) is 2.94. The van der Waals surface area contributed by atoms with Crippen molar-refractivity contribution in [3.05, 3.63) is 89.2 Å². The second-order valence-corrected chi connectivity index (χ2v) is 6.28. The number of para-hydroxylation sites is 2. The number of hydrogen-bond acceptors (Lipinski definition) is 4. The third kappa shape index (κ3) is 6.11. The van der Waals surface area contributed by atoms with Crippen molar-refractivity contribution < 1.29 is 18.6 Å². The topological polar surface area (TPSA) is 39.7 Å². The van der Waals surface area contributed by atoms with Gasteiger partial charge in [0.05, 0.1) is 14.2 Å². The predicted molar refractivity (Wildman–Crippen MR) is 115 cm³/mol. The summed E-state index contributed by atoms with van der Waals surface area (Å²) in [5, 5.41) is 3.42. The first-order valence-corrected chi connectivity index (χ1v) is 9.07. The van der Waals surface area contributed by atoms with Gasteiger partial charge in [-0.3, -0.25) is 0 Å². The zero-order valence-electron chi connectivity index (χ0n) is 16.5. The molecule has 0 saturated heterocycles. The van der Waals surface area contributed by atoms with Gasteiger partial charge < -0.3 is 19.5 Å². The van der Waals surface area contributed by atoms with Gasteiger partial charge in [0, 0.05) is 24.2 Å². The minimum atomic E-state index is -0.262. The molecule has 0 atom stereocenters. The number of rotatable bonds is 9. The van der Waals surface area contributed by atoms with E-state index < -0.39 is 0 Å². The van der Waals surface area contributed by atoms with Crippen LogP contribution in [0.2, 0.25) is 0 Å². The summed E-state index contributed by atoms with van der Waals surface area (Å²) in [6.07, 6.45) is 0. The molecule has 0 aliphatic rings. The van der Waals surface area contributed by atoms with Crippen LogP contribution in [0.5, 0.6) is 17.2 Å². The second-order valence-electron chi connectivity index (χ2n) is 6.28. The summed E-state index contributed by atoms with van der Waals surface area (Å²) in [7, 11) is 3.29. The van der Waals surface area contributed by atoms with Crippen molar-refractivity contribution in [1.82, 2.24) is 5.32 Å². The van der Waals surface area contributed by atoms with E-state index >= 15 is 0 Å². The highest BCUT2D eigenvalue weighted by molar-refractivity contribution is 5.85. The Labute approximate surface area is 177 Å². The molecule has 3 aromatic rings. The number of benzene rings is 3. The van der Waals surface area contributed by atoms with Gasteiger partial charge in [0.1, 0.15) is 18.2 Å². The van der Waals surface area contributed by atoms with E-state index in [1.54, 1.807) is 26.4 Å². The van der Waals surface area contributed by atoms with Gasteiger partial charge in [-0.2, -0.15) is 0 Å². The minimum absolute atomic E-state index is 0. The molecule has 0 bridgehead atoms. The van der Waals surface area contributed by atoms with Crippen LogP contribution in [-0.2, 0) is 19.7 Å².